The number of nitrogens with zero attached hydrogens (tertiary/aromatic N) is 2. The van der Waals surface area contributed by atoms with Crippen LogP contribution < -0.4 is 10.6 Å². The van der Waals surface area contributed by atoms with Gasteiger partial charge in [-0.2, -0.15) is 0 Å². The molecule has 1 saturated carbocycles. The summed E-state index contributed by atoms with van der Waals surface area (Å²) in [4.78, 5) is 6.93. The molecule has 0 bridgehead atoms. The van der Waals surface area contributed by atoms with Crippen LogP contribution in [0, 0.1) is 0 Å². The Hall–Kier alpha value is -0.620. The number of rotatable bonds is 8. The van der Waals surface area contributed by atoms with Crippen molar-refractivity contribution in [1.82, 2.24) is 15.5 Å². The Bertz CT molecular complexity index is 410. The molecule has 3 unspecified atom stereocenters. The van der Waals surface area contributed by atoms with Crippen molar-refractivity contribution in [3.05, 3.63) is 0 Å². The van der Waals surface area contributed by atoms with Crippen molar-refractivity contribution in [2.75, 3.05) is 39.0 Å². The zero-order chi connectivity index (χ0) is 17.2. The van der Waals surface area contributed by atoms with Crippen molar-refractivity contribution in [2.24, 2.45) is 4.99 Å². The predicted octanol–water partition coefficient (Wildman–Crippen LogP) is 2.11. The van der Waals surface area contributed by atoms with E-state index in [1.165, 1.54) is 51.7 Å². The maximum absolute atomic E-state index is 12.1. The van der Waals surface area contributed by atoms with E-state index < -0.39 is 10.8 Å². The van der Waals surface area contributed by atoms with Gasteiger partial charge in [0.05, 0.1) is 0 Å². The van der Waals surface area contributed by atoms with Gasteiger partial charge in [0, 0.05) is 41.4 Å². The lowest BCUT2D eigenvalue weighted by molar-refractivity contribution is 0.330. The molecular formula is C18H36N4OS. The number of hydrogen-bond acceptors (Lipinski definition) is 3. The summed E-state index contributed by atoms with van der Waals surface area (Å²) in [6.45, 7) is 6.82. The molecule has 24 heavy (non-hydrogen) atoms. The molecule has 0 spiro atoms. The van der Waals surface area contributed by atoms with E-state index in [0.29, 0.717) is 11.3 Å². The van der Waals surface area contributed by atoms with Crippen molar-refractivity contribution in [3.8, 4) is 0 Å². The number of hydrogen-bond donors (Lipinski definition) is 2. The summed E-state index contributed by atoms with van der Waals surface area (Å²) in [5.41, 5.74) is 0. The summed E-state index contributed by atoms with van der Waals surface area (Å²) in [6, 6.07) is 0.412. The average Bonchev–Trinajstić information content (AvgIpc) is 3.13. The highest BCUT2D eigenvalue weighted by atomic mass is 32.2. The molecule has 2 fully saturated rings. The quantitative estimate of drug-likeness (QED) is 0.397. The van der Waals surface area contributed by atoms with Crippen LogP contribution in [0.15, 0.2) is 4.99 Å². The topological polar surface area (TPSA) is 56.7 Å². The van der Waals surface area contributed by atoms with Crippen LogP contribution in [-0.4, -0.2) is 65.3 Å². The summed E-state index contributed by atoms with van der Waals surface area (Å²) in [5, 5.41) is 7.35. The van der Waals surface area contributed by atoms with Gasteiger partial charge in [0.2, 0.25) is 0 Å². The lowest BCUT2D eigenvalue weighted by Gasteiger charge is -2.30. The van der Waals surface area contributed by atoms with Gasteiger partial charge in [0.15, 0.2) is 5.96 Å². The third-order valence-electron chi connectivity index (χ3n) is 5.24. The molecule has 1 aliphatic carbocycles. The monoisotopic (exact) mass is 356 g/mol. The smallest absolute Gasteiger partial charge is 0.191 e. The van der Waals surface area contributed by atoms with Crippen molar-refractivity contribution in [1.29, 1.82) is 0 Å². The van der Waals surface area contributed by atoms with E-state index in [-0.39, 0.29) is 0 Å². The first-order valence-corrected chi connectivity index (χ1v) is 11.2. The van der Waals surface area contributed by atoms with Crippen LogP contribution in [-0.2, 0) is 10.8 Å². The minimum atomic E-state index is -0.665. The van der Waals surface area contributed by atoms with Crippen molar-refractivity contribution < 1.29 is 4.21 Å². The highest BCUT2D eigenvalue weighted by molar-refractivity contribution is 7.85. The summed E-state index contributed by atoms with van der Waals surface area (Å²) in [7, 11) is 1.17. The van der Waals surface area contributed by atoms with Gasteiger partial charge in [-0.25, -0.2) is 0 Å². The molecule has 3 atom stereocenters. The molecule has 140 valence electrons. The first kappa shape index (κ1) is 19.7. The van der Waals surface area contributed by atoms with Crippen molar-refractivity contribution >= 4 is 16.8 Å². The lowest BCUT2D eigenvalue weighted by atomic mass is 9.95. The number of aliphatic imine (C=N–C) groups is 1. The summed E-state index contributed by atoms with van der Waals surface area (Å²) in [5.74, 6) is 1.69. The molecule has 0 aromatic heterocycles. The first-order chi connectivity index (χ1) is 11.7. The molecule has 5 nitrogen and oxygen atoms in total. The summed E-state index contributed by atoms with van der Waals surface area (Å²) < 4.78 is 12.1. The third kappa shape index (κ3) is 6.71. The van der Waals surface area contributed by atoms with Crippen LogP contribution in [0.1, 0.15) is 58.3 Å². The van der Waals surface area contributed by atoms with Gasteiger partial charge >= 0.3 is 0 Å². The normalized spacial score (nSPS) is 27.2. The van der Waals surface area contributed by atoms with Crippen LogP contribution in [0.2, 0.25) is 0 Å². The van der Waals surface area contributed by atoms with Crippen LogP contribution >= 0.6 is 0 Å². The SMILES string of the molecule is CCS(=O)C1CCCC(NC(=NC)NCCCCN2CCCC2)C1. The second-order valence-corrected chi connectivity index (χ2v) is 9.06. The van der Waals surface area contributed by atoms with Crippen LogP contribution in [0.25, 0.3) is 0 Å². The van der Waals surface area contributed by atoms with E-state index in [9.17, 15) is 4.21 Å². The minimum absolute atomic E-state index is 0.361. The van der Waals surface area contributed by atoms with Gasteiger partial charge in [-0.3, -0.25) is 9.20 Å². The average molecular weight is 357 g/mol. The van der Waals surface area contributed by atoms with Gasteiger partial charge in [-0.05, 0) is 64.6 Å². The van der Waals surface area contributed by atoms with E-state index in [0.717, 1.165) is 37.5 Å². The van der Waals surface area contributed by atoms with Gasteiger partial charge in [-0.15, -0.1) is 0 Å². The van der Waals surface area contributed by atoms with E-state index in [1.807, 2.05) is 14.0 Å². The van der Waals surface area contributed by atoms with E-state index in [1.54, 1.807) is 0 Å². The fourth-order valence-electron chi connectivity index (χ4n) is 3.81. The molecule has 0 radical (unpaired) electrons. The highest BCUT2D eigenvalue weighted by Crippen LogP contribution is 2.22. The molecule has 2 rings (SSSR count). The molecule has 1 saturated heterocycles. The van der Waals surface area contributed by atoms with Gasteiger partial charge < -0.3 is 15.5 Å². The third-order valence-corrected chi connectivity index (χ3v) is 6.98. The molecule has 2 N–H and O–H groups in total. The molecule has 6 heteroatoms. The van der Waals surface area contributed by atoms with E-state index in [4.69, 9.17) is 0 Å². The maximum Gasteiger partial charge on any atom is 0.191 e. The second kappa shape index (κ2) is 11.1. The Morgan fingerprint density at radius 2 is 2.00 bits per heavy atom. The fourth-order valence-corrected chi connectivity index (χ4v) is 5.16. The van der Waals surface area contributed by atoms with Crippen LogP contribution in [0.4, 0.5) is 0 Å². The van der Waals surface area contributed by atoms with Crippen molar-refractivity contribution in [3.63, 3.8) is 0 Å². The molecule has 2 aliphatic rings. The molecule has 0 amide bonds. The first-order valence-electron chi connectivity index (χ1n) is 9.79. The van der Waals surface area contributed by atoms with Gasteiger partial charge in [-0.1, -0.05) is 13.3 Å². The molecule has 1 aliphatic heterocycles. The summed E-state index contributed by atoms with van der Waals surface area (Å²) in [6.07, 6.45) is 9.64. The Morgan fingerprint density at radius 1 is 1.21 bits per heavy atom. The minimum Gasteiger partial charge on any atom is -0.356 e. The lowest BCUT2D eigenvalue weighted by Crippen LogP contribution is -2.46. The van der Waals surface area contributed by atoms with E-state index in [2.05, 4.69) is 20.5 Å². The van der Waals surface area contributed by atoms with Crippen LogP contribution in [0.5, 0.6) is 0 Å². The number of guanidine groups is 1. The zero-order valence-corrected chi connectivity index (χ0v) is 16.4. The number of unbranched alkanes of at least 4 members (excludes halogenated alkanes) is 1. The van der Waals surface area contributed by atoms with Crippen LogP contribution in [0.3, 0.4) is 0 Å². The standard InChI is InChI=1S/C18H36N4OS/c1-3-24(23)17-10-8-9-16(15-17)21-18(19-2)20-11-4-5-12-22-13-6-7-14-22/h16-17H,3-15H2,1-2H3,(H2,19,20,21). The largest absolute Gasteiger partial charge is 0.356 e. The second-order valence-electron chi connectivity index (χ2n) is 7.05. The van der Waals surface area contributed by atoms with Gasteiger partial charge in [0.1, 0.15) is 0 Å². The molecule has 0 aromatic carbocycles. The molecule has 1 heterocycles. The van der Waals surface area contributed by atoms with Gasteiger partial charge in [0.25, 0.3) is 0 Å². The Balaban J connectivity index is 1.61. The summed E-state index contributed by atoms with van der Waals surface area (Å²) >= 11 is 0. The Labute approximate surface area is 150 Å². The zero-order valence-electron chi connectivity index (χ0n) is 15.6. The molecule has 0 aromatic rings. The molecular weight excluding hydrogens is 320 g/mol. The van der Waals surface area contributed by atoms with Crippen molar-refractivity contribution in [2.45, 2.75) is 69.6 Å². The maximum atomic E-state index is 12.1. The number of nitrogens with one attached hydrogen (secondary N) is 2. The Kier molecular flexibility index (Phi) is 9.10. The van der Waals surface area contributed by atoms with E-state index >= 15 is 0 Å². The fraction of sp³-hybridized carbons (Fsp3) is 0.944. The highest BCUT2D eigenvalue weighted by Gasteiger charge is 2.25. The Morgan fingerprint density at radius 3 is 2.71 bits per heavy atom. The predicted molar refractivity (Wildman–Crippen MR) is 104 cm³/mol. The number of likely N-dealkylation sites (tertiary alicyclic amines) is 1.